The van der Waals surface area contributed by atoms with Gasteiger partial charge in [0.25, 0.3) is 11.8 Å². The fourth-order valence-electron chi connectivity index (χ4n) is 4.03. The van der Waals surface area contributed by atoms with E-state index in [0.717, 1.165) is 30.8 Å². The zero-order valence-electron chi connectivity index (χ0n) is 14.9. The molecule has 0 aromatic heterocycles. The molecule has 3 N–H and O–H groups in total. The number of fused-ring (bicyclic) bond motifs is 1. The third-order valence-corrected chi connectivity index (χ3v) is 5.50. The number of amides is 4. The van der Waals surface area contributed by atoms with E-state index in [1.54, 1.807) is 18.2 Å². The highest BCUT2D eigenvalue weighted by Crippen LogP contribution is 2.32. The third kappa shape index (κ3) is 3.21. The normalized spacial score (nSPS) is 25.0. The first-order chi connectivity index (χ1) is 13.1. The standard InChI is InChI=1S/C19H22N4O4/c24-15-5-4-14(17(25)22-15)23-18(26)12-2-1-3-13(16(12)19(23)27)21-9-7-11-6-8-20-10-11/h1-3,11,14,20-21H,4-10H2,(H,22,24,25)/t11-,14?/m1/s1. The Morgan fingerprint density at radius 1 is 1.11 bits per heavy atom. The smallest absolute Gasteiger partial charge is 0.264 e. The molecule has 1 unspecified atom stereocenters. The molecule has 0 saturated carbocycles. The maximum atomic E-state index is 13.0. The summed E-state index contributed by atoms with van der Waals surface area (Å²) in [7, 11) is 0. The summed E-state index contributed by atoms with van der Waals surface area (Å²) in [5.74, 6) is -1.31. The Bertz CT molecular complexity index is 816. The number of imide groups is 2. The Kier molecular flexibility index (Phi) is 4.65. The minimum atomic E-state index is -0.937. The summed E-state index contributed by atoms with van der Waals surface area (Å²) in [5.41, 5.74) is 1.24. The maximum Gasteiger partial charge on any atom is 0.264 e. The highest BCUT2D eigenvalue weighted by Gasteiger charge is 2.45. The molecule has 0 aliphatic carbocycles. The molecule has 0 radical (unpaired) electrons. The van der Waals surface area contributed by atoms with Crippen LogP contribution in [0.5, 0.6) is 0 Å². The van der Waals surface area contributed by atoms with Crippen molar-refractivity contribution in [1.82, 2.24) is 15.5 Å². The number of hydrogen-bond donors (Lipinski definition) is 3. The number of benzene rings is 1. The molecule has 2 saturated heterocycles. The van der Waals surface area contributed by atoms with Crippen LogP contribution in [0.3, 0.4) is 0 Å². The highest BCUT2D eigenvalue weighted by molar-refractivity contribution is 6.25. The Morgan fingerprint density at radius 2 is 1.96 bits per heavy atom. The average molecular weight is 370 g/mol. The first kappa shape index (κ1) is 17.7. The van der Waals surface area contributed by atoms with Crippen molar-refractivity contribution in [3.05, 3.63) is 29.3 Å². The zero-order valence-corrected chi connectivity index (χ0v) is 14.9. The summed E-state index contributed by atoms with van der Waals surface area (Å²) in [4.78, 5) is 50.2. The van der Waals surface area contributed by atoms with Gasteiger partial charge in [0.2, 0.25) is 11.8 Å². The molecule has 4 amide bonds. The molecule has 3 aliphatic heterocycles. The molecule has 142 valence electrons. The van der Waals surface area contributed by atoms with Crippen LogP contribution in [0.1, 0.15) is 46.4 Å². The van der Waals surface area contributed by atoms with Crippen molar-refractivity contribution in [2.45, 2.75) is 31.7 Å². The van der Waals surface area contributed by atoms with Crippen LogP contribution in [0.2, 0.25) is 0 Å². The number of anilines is 1. The number of carbonyl (C=O) groups excluding carboxylic acids is 4. The lowest BCUT2D eigenvalue weighted by Gasteiger charge is -2.27. The molecule has 3 heterocycles. The Balaban J connectivity index is 1.52. The van der Waals surface area contributed by atoms with E-state index < -0.39 is 23.8 Å². The molecule has 4 rings (SSSR count). The summed E-state index contributed by atoms with van der Waals surface area (Å²) in [5, 5.41) is 8.82. The van der Waals surface area contributed by atoms with Crippen LogP contribution in [-0.4, -0.2) is 54.2 Å². The molecule has 1 aromatic rings. The summed E-state index contributed by atoms with van der Waals surface area (Å²) in [6.45, 7) is 2.76. The van der Waals surface area contributed by atoms with E-state index >= 15 is 0 Å². The van der Waals surface area contributed by atoms with Crippen LogP contribution in [0, 0.1) is 5.92 Å². The van der Waals surface area contributed by atoms with E-state index in [-0.39, 0.29) is 18.7 Å². The van der Waals surface area contributed by atoms with Gasteiger partial charge in [-0.3, -0.25) is 29.4 Å². The predicted octanol–water partition coefficient (Wildman–Crippen LogP) is 0.499. The molecule has 8 nitrogen and oxygen atoms in total. The van der Waals surface area contributed by atoms with E-state index in [9.17, 15) is 19.2 Å². The van der Waals surface area contributed by atoms with E-state index in [1.165, 1.54) is 0 Å². The first-order valence-corrected chi connectivity index (χ1v) is 9.35. The van der Waals surface area contributed by atoms with Crippen LogP contribution < -0.4 is 16.0 Å². The lowest BCUT2D eigenvalue weighted by Crippen LogP contribution is -2.54. The van der Waals surface area contributed by atoms with Gasteiger partial charge in [-0.25, -0.2) is 0 Å². The summed E-state index contributed by atoms with van der Waals surface area (Å²) >= 11 is 0. The highest BCUT2D eigenvalue weighted by atomic mass is 16.2. The van der Waals surface area contributed by atoms with Crippen LogP contribution in [0.15, 0.2) is 18.2 Å². The minimum absolute atomic E-state index is 0.115. The van der Waals surface area contributed by atoms with Gasteiger partial charge in [-0.15, -0.1) is 0 Å². The number of nitrogens with zero attached hydrogens (tertiary/aromatic N) is 1. The zero-order chi connectivity index (χ0) is 19.0. The number of rotatable bonds is 5. The Hall–Kier alpha value is -2.74. The van der Waals surface area contributed by atoms with Crippen molar-refractivity contribution in [3.8, 4) is 0 Å². The second-order valence-electron chi connectivity index (χ2n) is 7.25. The van der Waals surface area contributed by atoms with Gasteiger partial charge in [-0.1, -0.05) is 6.07 Å². The molecule has 27 heavy (non-hydrogen) atoms. The fourth-order valence-corrected chi connectivity index (χ4v) is 4.03. The Morgan fingerprint density at radius 3 is 2.70 bits per heavy atom. The maximum absolute atomic E-state index is 13.0. The van der Waals surface area contributed by atoms with Gasteiger partial charge in [-0.05, 0) is 50.4 Å². The van der Waals surface area contributed by atoms with Crippen molar-refractivity contribution in [1.29, 1.82) is 0 Å². The quantitative estimate of drug-likeness (QED) is 0.652. The van der Waals surface area contributed by atoms with Gasteiger partial charge < -0.3 is 10.6 Å². The van der Waals surface area contributed by atoms with E-state index in [1.807, 2.05) is 0 Å². The second-order valence-corrected chi connectivity index (χ2v) is 7.25. The number of piperidine rings is 1. The lowest BCUT2D eigenvalue weighted by molar-refractivity contribution is -0.136. The van der Waals surface area contributed by atoms with Gasteiger partial charge in [-0.2, -0.15) is 0 Å². The SMILES string of the molecule is O=C1CCC(N2C(=O)c3cccc(NCC[C@H]4CCNC4)c3C2=O)C(=O)N1. The summed E-state index contributed by atoms with van der Waals surface area (Å²) < 4.78 is 0. The molecule has 1 aromatic carbocycles. The molecule has 0 bridgehead atoms. The van der Waals surface area contributed by atoms with Crippen molar-refractivity contribution in [3.63, 3.8) is 0 Å². The van der Waals surface area contributed by atoms with E-state index in [2.05, 4.69) is 16.0 Å². The van der Waals surface area contributed by atoms with Crippen molar-refractivity contribution >= 4 is 29.3 Å². The molecule has 8 heteroatoms. The fraction of sp³-hybridized carbons (Fsp3) is 0.474. The van der Waals surface area contributed by atoms with Crippen LogP contribution in [0.4, 0.5) is 5.69 Å². The Labute approximate surface area is 156 Å². The lowest BCUT2D eigenvalue weighted by atomic mass is 10.0. The van der Waals surface area contributed by atoms with Crippen molar-refractivity contribution in [2.75, 3.05) is 25.0 Å². The minimum Gasteiger partial charge on any atom is -0.384 e. The molecule has 0 spiro atoms. The number of nitrogens with one attached hydrogen (secondary N) is 3. The molecular formula is C19H22N4O4. The average Bonchev–Trinajstić information content (AvgIpc) is 3.24. The molecular weight excluding hydrogens is 348 g/mol. The largest absolute Gasteiger partial charge is 0.384 e. The van der Waals surface area contributed by atoms with Crippen molar-refractivity contribution < 1.29 is 19.2 Å². The predicted molar refractivity (Wildman–Crippen MR) is 97.2 cm³/mol. The van der Waals surface area contributed by atoms with Gasteiger partial charge in [0.05, 0.1) is 11.1 Å². The topological polar surface area (TPSA) is 108 Å². The monoisotopic (exact) mass is 370 g/mol. The van der Waals surface area contributed by atoms with Crippen LogP contribution >= 0.6 is 0 Å². The van der Waals surface area contributed by atoms with Crippen LogP contribution in [-0.2, 0) is 9.59 Å². The molecule has 2 atom stereocenters. The number of carbonyl (C=O) groups is 4. The van der Waals surface area contributed by atoms with E-state index in [0.29, 0.717) is 29.3 Å². The van der Waals surface area contributed by atoms with Gasteiger partial charge in [0, 0.05) is 18.7 Å². The van der Waals surface area contributed by atoms with Crippen LogP contribution in [0.25, 0.3) is 0 Å². The van der Waals surface area contributed by atoms with Gasteiger partial charge in [0.1, 0.15) is 6.04 Å². The van der Waals surface area contributed by atoms with Gasteiger partial charge >= 0.3 is 0 Å². The summed E-state index contributed by atoms with van der Waals surface area (Å²) in [6.07, 6.45) is 2.41. The summed E-state index contributed by atoms with van der Waals surface area (Å²) in [6, 6.07) is 4.18. The first-order valence-electron chi connectivity index (χ1n) is 9.35. The number of hydrogen-bond acceptors (Lipinski definition) is 6. The molecule has 2 fully saturated rings. The molecule has 3 aliphatic rings. The van der Waals surface area contributed by atoms with Crippen molar-refractivity contribution in [2.24, 2.45) is 5.92 Å². The third-order valence-electron chi connectivity index (χ3n) is 5.50. The van der Waals surface area contributed by atoms with E-state index in [4.69, 9.17) is 0 Å². The van der Waals surface area contributed by atoms with Gasteiger partial charge in [0.15, 0.2) is 0 Å². The second kappa shape index (κ2) is 7.11.